The fourth-order valence-electron chi connectivity index (χ4n) is 3.91. The van der Waals surface area contributed by atoms with E-state index in [1.165, 1.54) is 23.9 Å². The van der Waals surface area contributed by atoms with E-state index < -0.39 is 34.8 Å². The van der Waals surface area contributed by atoms with Crippen molar-refractivity contribution in [3.63, 3.8) is 0 Å². The monoisotopic (exact) mass is 564 g/mol. The summed E-state index contributed by atoms with van der Waals surface area (Å²) >= 11 is -0.641. The van der Waals surface area contributed by atoms with Crippen LogP contribution in [0.2, 0.25) is 19.6 Å². The molecule has 33 heavy (non-hydrogen) atoms. The van der Waals surface area contributed by atoms with E-state index in [4.69, 9.17) is 4.43 Å². The molecule has 3 heteroatoms. The first-order chi connectivity index (χ1) is 16.0. The first-order valence-electron chi connectivity index (χ1n) is 11.3. The topological polar surface area (TPSA) is 9.23 Å². The Labute approximate surface area is 209 Å². The minimum absolute atomic E-state index is 0.641. The van der Waals surface area contributed by atoms with Crippen molar-refractivity contribution in [2.45, 2.75) is 25.2 Å². The van der Waals surface area contributed by atoms with E-state index in [9.17, 15) is 0 Å². The molecule has 0 atom stereocenters. The molecule has 4 rings (SSSR count). The fourth-order valence-corrected chi connectivity index (χ4v) is 8.10. The summed E-state index contributed by atoms with van der Waals surface area (Å²) in [5, 5.41) is 0. The fraction of sp³-hybridized carbons (Fsp3) is 0.133. The maximum absolute atomic E-state index is 7.17. The van der Waals surface area contributed by atoms with Crippen LogP contribution in [0.1, 0.15) is 16.7 Å². The van der Waals surface area contributed by atoms with E-state index in [1.54, 1.807) is 0 Å². The summed E-state index contributed by atoms with van der Waals surface area (Å²) in [6, 6.07) is 43.1. The zero-order valence-electron chi connectivity index (χ0n) is 19.4. The molecule has 0 saturated carbocycles. The molecular weight excluding hydrogens is 532 g/mol. The maximum atomic E-state index is 7.17. The summed E-state index contributed by atoms with van der Waals surface area (Å²) in [5.74, 6) is 0. The van der Waals surface area contributed by atoms with Crippen LogP contribution in [0.5, 0.6) is 0 Å². The summed E-state index contributed by atoms with van der Waals surface area (Å²) in [6.07, 6.45) is 2.43. The van der Waals surface area contributed by atoms with Gasteiger partial charge in [-0.2, -0.15) is 0 Å². The van der Waals surface area contributed by atoms with Crippen molar-refractivity contribution in [1.29, 1.82) is 0 Å². The Bertz CT molecular complexity index is 1130. The van der Waals surface area contributed by atoms with E-state index in [1.807, 2.05) is 0 Å². The minimum atomic E-state index is -1.95. The average Bonchev–Trinajstić information content (AvgIpc) is 2.84. The Morgan fingerprint density at radius 1 is 0.636 bits per heavy atom. The number of hydrogen-bond donors (Lipinski definition) is 0. The van der Waals surface area contributed by atoms with Crippen LogP contribution in [-0.4, -0.2) is 29.2 Å². The second kappa shape index (κ2) is 10.7. The van der Waals surface area contributed by atoms with E-state index in [0.29, 0.717) is 0 Å². The molecule has 0 aliphatic rings. The van der Waals surface area contributed by atoms with Crippen molar-refractivity contribution in [3.8, 4) is 0 Å². The Morgan fingerprint density at radius 3 is 1.52 bits per heavy atom. The van der Waals surface area contributed by atoms with Crippen LogP contribution in [0.3, 0.4) is 0 Å². The predicted molar refractivity (Wildman–Crippen MR) is 144 cm³/mol. The molecule has 0 fully saturated rings. The third-order valence-electron chi connectivity index (χ3n) is 5.24. The Hall–Kier alpha value is -2.41. The van der Waals surface area contributed by atoms with Gasteiger partial charge >= 0.3 is 210 Å². The standard InChI is InChI=1S/C30H30OSiTe/c1-32(2,3)31-30(26-18-10-5-11-19-26,27-20-12-6-13-21-27)24-29(25-16-8-4-9-17-25)33-28-22-14-7-15-23-28/h4-24H,1-3H3/b29-24+. The van der Waals surface area contributed by atoms with Crippen molar-refractivity contribution in [3.05, 3.63) is 144 Å². The van der Waals surface area contributed by atoms with Crippen molar-refractivity contribution in [1.82, 2.24) is 0 Å². The van der Waals surface area contributed by atoms with Gasteiger partial charge in [-0.05, 0) is 0 Å². The van der Waals surface area contributed by atoms with E-state index in [2.05, 4.69) is 147 Å². The van der Waals surface area contributed by atoms with Crippen LogP contribution >= 0.6 is 0 Å². The van der Waals surface area contributed by atoms with Gasteiger partial charge in [0.05, 0.1) is 0 Å². The van der Waals surface area contributed by atoms with Crippen LogP contribution in [0.15, 0.2) is 127 Å². The van der Waals surface area contributed by atoms with Gasteiger partial charge in [0.1, 0.15) is 0 Å². The second-order valence-corrected chi connectivity index (χ2v) is 16.6. The van der Waals surface area contributed by atoms with E-state index in [0.717, 1.165) is 0 Å². The van der Waals surface area contributed by atoms with Crippen molar-refractivity contribution < 1.29 is 4.43 Å². The van der Waals surface area contributed by atoms with Crippen molar-refractivity contribution >= 4 is 36.5 Å². The molecule has 1 nitrogen and oxygen atoms in total. The normalized spacial score (nSPS) is 12.5. The summed E-state index contributed by atoms with van der Waals surface area (Å²) in [7, 11) is -1.95. The van der Waals surface area contributed by atoms with Gasteiger partial charge in [-0.15, -0.1) is 0 Å². The first-order valence-corrected chi connectivity index (χ1v) is 17.0. The second-order valence-electron chi connectivity index (χ2n) is 8.97. The van der Waals surface area contributed by atoms with Crippen molar-refractivity contribution in [2.75, 3.05) is 0 Å². The summed E-state index contributed by atoms with van der Waals surface area (Å²) in [4.78, 5) is 0. The molecule has 4 aromatic rings. The molecule has 0 aromatic heterocycles. The van der Waals surface area contributed by atoms with Gasteiger partial charge in [-0.1, -0.05) is 0 Å². The Morgan fingerprint density at radius 2 is 1.06 bits per heavy atom. The van der Waals surface area contributed by atoms with Crippen LogP contribution in [-0.2, 0) is 10.0 Å². The molecule has 0 unspecified atom stereocenters. The molecule has 0 heterocycles. The molecular formula is C30H30OSiTe. The molecule has 0 amide bonds. The van der Waals surface area contributed by atoms with Crippen LogP contribution < -0.4 is 3.61 Å². The van der Waals surface area contributed by atoms with Crippen LogP contribution in [0.25, 0.3) is 3.62 Å². The molecule has 0 bridgehead atoms. The third kappa shape index (κ3) is 6.13. The Kier molecular flexibility index (Phi) is 7.68. The molecule has 4 aromatic carbocycles. The van der Waals surface area contributed by atoms with Crippen LogP contribution in [0, 0.1) is 0 Å². The van der Waals surface area contributed by atoms with E-state index >= 15 is 0 Å². The first kappa shape index (κ1) is 23.7. The van der Waals surface area contributed by atoms with Gasteiger partial charge in [0.15, 0.2) is 0 Å². The molecule has 0 radical (unpaired) electrons. The van der Waals surface area contributed by atoms with Crippen LogP contribution in [0.4, 0.5) is 0 Å². The third-order valence-corrected chi connectivity index (χ3v) is 9.26. The quantitative estimate of drug-likeness (QED) is 0.214. The Balaban J connectivity index is 1.99. The van der Waals surface area contributed by atoms with Gasteiger partial charge in [0, 0.05) is 0 Å². The summed E-state index contributed by atoms with van der Waals surface area (Å²) < 4.78 is 9.98. The number of rotatable bonds is 8. The van der Waals surface area contributed by atoms with Gasteiger partial charge in [0.2, 0.25) is 0 Å². The van der Waals surface area contributed by atoms with Gasteiger partial charge < -0.3 is 0 Å². The van der Waals surface area contributed by atoms with E-state index in [-0.39, 0.29) is 0 Å². The number of benzene rings is 4. The van der Waals surface area contributed by atoms with Crippen molar-refractivity contribution in [2.24, 2.45) is 0 Å². The molecule has 0 aliphatic carbocycles. The molecule has 0 saturated heterocycles. The number of hydrogen-bond acceptors (Lipinski definition) is 1. The molecule has 0 spiro atoms. The van der Waals surface area contributed by atoms with Gasteiger partial charge in [-0.25, -0.2) is 0 Å². The zero-order valence-corrected chi connectivity index (χ0v) is 22.8. The average molecular weight is 562 g/mol. The van der Waals surface area contributed by atoms with Gasteiger partial charge in [-0.3, -0.25) is 0 Å². The molecule has 0 aliphatic heterocycles. The van der Waals surface area contributed by atoms with Gasteiger partial charge in [0.25, 0.3) is 0 Å². The summed E-state index contributed by atoms with van der Waals surface area (Å²) in [6.45, 7) is 6.83. The molecule has 0 N–H and O–H groups in total. The SMILES string of the molecule is C[Si](C)(C)OC(/C=C(/[Te]c1ccccc1)c1ccccc1)(c1ccccc1)c1ccccc1. The zero-order chi connectivity index (χ0) is 23.2. The molecule has 166 valence electrons. The predicted octanol–water partition coefficient (Wildman–Crippen LogP) is 6.85. The summed E-state index contributed by atoms with van der Waals surface area (Å²) in [5.41, 5.74) is 2.98.